The molecule has 1 N–H and O–H groups in total. The van der Waals surface area contributed by atoms with Gasteiger partial charge in [0.05, 0.1) is 22.3 Å². The topological polar surface area (TPSA) is 50.9 Å². The van der Waals surface area contributed by atoms with Crippen LogP contribution in [0.5, 0.6) is 5.75 Å². The second-order valence-corrected chi connectivity index (χ2v) is 25.0. The Morgan fingerprint density at radius 2 is 0.986 bits per heavy atom. The monoisotopic (exact) mass is 1140 g/mol. The number of hydrogen-bond acceptors (Lipinski definition) is 3. The molecule has 0 unspecified atom stereocenters. The summed E-state index contributed by atoms with van der Waals surface area (Å²) in [6.07, 6.45) is 1.92. The molecule has 0 aliphatic rings. The first kappa shape index (κ1) is 53.0. The molecule has 2 heterocycles. The third kappa shape index (κ3) is 10.7. The van der Waals surface area contributed by atoms with E-state index in [4.69, 9.17) is 9.97 Å². The van der Waals surface area contributed by atoms with E-state index in [1.54, 1.807) is 0 Å². The molecule has 73 heavy (non-hydrogen) atoms. The Bertz CT molecular complexity index is 3470. The first-order valence-electron chi connectivity index (χ1n) is 25.6. The molecule has 0 radical (unpaired) electrons. The predicted octanol–water partition coefficient (Wildman–Crippen LogP) is 18.4. The van der Waals surface area contributed by atoms with E-state index in [9.17, 15) is 5.11 Å². The minimum absolute atomic E-state index is 0. The van der Waals surface area contributed by atoms with E-state index in [2.05, 4.69) is 266 Å². The molecule has 0 fully saturated rings. The summed E-state index contributed by atoms with van der Waals surface area (Å²) in [7, 11) is 0. The molecule has 5 heteroatoms. The molecule has 2 aromatic heterocycles. The summed E-state index contributed by atoms with van der Waals surface area (Å²) >= 11 is 0. The summed E-state index contributed by atoms with van der Waals surface area (Å²) in [5.41, 5.74) is 19.0. The number of aromatic nitrogens is 3. The first-order chi connectivity index (χ1) is 33.8. The molecular weight excluding hydrogens is 1070 g/mol. The van der Waals surface area contributed by atoms with Gasteiger partial charge in [-0.15, -0.1) is 29.3 Å². The minimum Gasteiger partial charge on any atom is -0.507 e. The maximum absolute atomic E-state index is 12.6. The molecule has 0 atom stereocenters. The van der Waals surface area contributed by atoms with Gasteiger partial charge in [-0.3, -0.25) is 9.55 Å². The quantitative estimate of drug-likeness (QED) is 0.162. The van der Waals surface area contributed by atoms with Gasteiger partial charge in [-0.2, -0.15) is 0 Å². The third-order valence-corrected chi connectivity index (χ3v) is 14.2. The molecule has 7 aromatic carbocycles. The van der Waals surface area contributed by atoms with Gasteiger partial charge in [0.25, 0.3) is 0 Å². The molecule has 9 aromatic rings. The van der Waals surface area contributed by atoms with E-state index >= 15 is 0 Å². The molecule has 0 saturated heterocycles. The van der Waals surface area contributed by atoms with Crippen LogP contribution in [-0.4, -0.2) is 19.6 Å². The van der Waals surface area contributed by atoms with Crippen LogP contribution < -0.4 is 0 Å². The zero-order valence-corrected chi connectivity index (χ0v) is 47.9. The number of nitrogens with zero attached hydrogens (tertiary/aromatic N) is 3. The van der Waals surface area contributed by atoms with E-state index in [1.807, 2.05) is 6.20 Å². The fourth-order valence-corrected chi connectivity index (χ4v) is 9.87. The number of phenols is 1. The van der Waals surface area contributed by atoms with Crippen LogP contribution in [0.1, 0.15) is 132 Å². The van der Waals surface area contributed by atoms with Crippen molar-refractivity contribution in [2.24, 2.45) is 0 Å². The Morgan fingerprint density at radius 1 is 0.425 bits per heavy atom. The van der Waals surface area contributed by atoms with E-state index in [0.29, 0.717) is 11.4 Å². The number of imidazole rings is 1. The Kier molecular flexibility index (Phi) is 14.1. The normalized spacial score (nSPS) is 12.5. The zero-order valence-electron chi connectivity index (χ0n) is 45.6. The Balaban J connectivity index is 0.00000711. The van der Waals surface area contributed by atoms with Crippen molar-refractivity contribution in [2.75, 3.05) is 0 Å². The second-order valence-electron chi connectivity index (χ2n) is 25.0. The Hall–Kier alpha value is -6.35. The number of para-hydroxylation sites is 1. The van der Waals surface area contributed by atoms with Crippen LogP contribution in [0.25, 0.3) is 83.9 Å². The molecular formula is C68H72N3OPt-. The molecule has 0 bridgehead atoms. The SMILES string of the molecule is CC(C)(C)c1cc(-c2cc(-c3ccc(-c4ccccc4C(C)(C)C)cc3)ccn2)[c-]c(-c2cccc3c2nc(-c2cc(C(C)(C)C)cc(C(C)(C)C)c2O)n3-c2ccc(C(C)(C)C)cc2-c2ccccc2)c1.[Pt]. The van der Waals surface area contributed by atoms with E-state index in [0.717, 1.165) is 72.5 Å². The van der Waals surface area contributed by atoms with E-state index in [1.165, 1.54) is 27.8 Å². The van der Waals surface area contributed by atoms with Gasteiger partial charge < -0.3 is 5.11 Å². The van der Waals surface area contributed by atoms with Crippen molar-refractivity contribution >= 4 is 11.0 Å². The van der Waals surface area contributed by atoms with Gasteiger partial charge in [-0.05, 0) is 102 Å². The van der Waals surface area contributed by atoms with Crippen LogP contribution in [0.4, 0.5) is 0 Å². The maximum atomic E-state index is 12.6. The molecule has 9 rings (SSSR count). The summed E-state index contributed by atoms with van der Waals surface area (Å²) in [6, 6.07) is 58.7. The van der Waals surface area contributed by atoms with Gasteiger partial charge in [0.2, 0.25) is 0 Å². The molecule has 0 aliphatic carbocycles. The van der Waals surface area contributed by atoms with Gasteiger partial charge in [-0.25, -0.2) is 4.98 Å². The molecule has 0 aliphatic heterocycles. The maximum Gasteiger partial charge on any atom is 0.148 e. The number of pyridine rings is 1. The van der Waals surface area contributed by atoms with Crippen molar-refractivity contribution in [1.29, 1.82) is 0 Å². The number of fused-ring (bicyclic) bond motifs is 1. The van der Waals surface area contributed by atoms with Crippen molar-refractivity contribution in [3.8, 4) is 78.6 Å². The van der Waals surface area contributed by atoms with Crippen molar-refractivity contribution in [3.05, 3.63) is 192 Å². The summed E-state index contributed by atoms with van der Waals surface area (Å²) in [5.74, 6) is 0.932. The zero-order chi connectivity index (χ0) is 51.7. The predicted molar refractivity (Wildman–Crippen MR) is 305 cm³/mol. The fraction of sp³-hybridized carbons (Fsp3) is 0.294. The van der Waals surface area contributed by atoms with E-state index < -0.39 is 0 Å². The number of aromatic hydroxyl groups is 1. The van der Waals surface area contributed by atoms with Crippen LogP contribution in [0.3, 0.4) is 0 Å². The Labute approximate surface area is 450 Å². The van der Waals surface area contributed by atoms with Crippen molar-refractivity contribution < 1.29 is 26.2 Å². The molecule has 4 nitrogen and oxygen atoms in total. The molecule has 0 saturated carbocycles. The average molecular weight is 1140 g/mol. The number of benzene rings is 7. The van der Waals surface area contributed by atoms with Gasteiger partial charge in [-0.1, -0.05) is 224 Å². The van der Waals surface area contributed by atoms with Crippen LogP contribution in [0, 0.1) is 6.07 Å². The first-order valence-corrected chi connectivity index (χ1v) is 25.6. The molecule has 0 spiro atoms. The Morgan fingerprint density at radius 3 is 1.63 bits per heavy atom. The smallest absolute Gasteiger partial charge is 0.148 e. The summed E-state index contributed by atoms with van der Waals surface area (Å²) in [6.45, 7) is 33.6. The van der Waals surface area contributed by atoms with Crippen LogP contribution in [0.15, 0.2) is 158 Å². The van der Waals surface area contributed by atoms with Crippen molar-refractivity contribution in [1.82, 2.24) is 14.5 Å². The van der Waals surface area contributed by atoms with E-state index in [-0.39, 0.29) is 53.9 Å². The number of phenolic OH excluding ortho intramolecular Hbond substituents is 1. The number of rotatable bonds is 7. The summed E-state index contributed by atoms with van der Waals surface area (Å²) < 4.78 is 2.29. The number of hydrogen-bond donors (Lipinski definition) is 1. The summed E-state index contributed by atoms with van der Waals surface area (Å²) in [4.78, 5) is 10.7. The third-order valence-electron chi connectivity index (χ3n) is 14.2. The molecule has 0 amide bonds. The van der Waals surface area contributed by atoms with Crippen LogP contribution in [0.2, 0.25) is 0 Å². The van der Waals surface area contributed by atoms with Gasteiger partial charge in [0.1, 0.15) is 11.6 Å². The van der Waals surface area contributed by atoms with Gasteiger partial charge in [0, 0.05) is 44.1 Å². The fourth-order valence-electron chi connectivity index (χ4n) is 9.87. The standard InChI is InChI=1S/C68H72N3O.Pt/c1-64(2,3)49-32-33-59(54(40-49)44-22-17-16-18-23-44)71-60-27-21-25-53(61(60)70-63(71)55-41-51(66(7,8)9)42-57(62(55)72)68(13,14)15)47-36-48(38-50(37-47)65(4,5)6)58-39-46(34-35-69-58)43-28-30-45(31-29-43)52-24-19-20-26-56(52)67(10,11)12;/h16-35,37-42,72H,1-15H3;/q-1;. The average Bonchev–Trinajstić information content (AvgIpc) is 3.72. The van der Waals surface area contributed by atoms with Crippen molar-refractivity contribution in [2.45, 2.75) is 131 Å². The van der Waals surface area contributed by atoms with Crippen LogP contribution in [-0.2, 0) is 48.1 Å². The summed E-state index contributed by atoms with van der Waals surface area (Å²) in [5, 5.41) is 12.6. The van der Waals surface area contributed by atoms with Gasteiger partial charge in [0.15, 0.2) is 0 Å². The van der Waals surface area contributed by atoms with Crippen LogP contribution >= 0.6 is 0 Å². The van der Waals surface area contributed by atoms with Crippen molar-refractivity contribution in [3.63, 3.8) is 0 Å². The minimum atomic E-state index is -0.336. The van der Waals surface area contributed by atoms with Gasteiger partial charge >= 0.3 is 0 Å². The second kappa shape index (κ2) is 19.5. The molecule has 376 valence electrons. The largest absolute Gasteiger partial charge is 0.507 e.